The Hall–Kier alpha value is -13.0. The monoisotopic (exact) mass is 2070 g/mol. The van der Waals surface area contributed by atoms with Crippen LogP contribution in [0, 0.1) is 11.8 Å². The van der Waals surface area contributed by atoms with Gasteiger partial charge < -0.3 is 98.0 Å². The van der Waals surface area contributed by atoms with Crippen molar-refractivity contribution in [1.82, 2.24) is 38.2 Å². The average Bonchev–Trinajstić information content (AvgIpc) is 1.34. The van der Waals surface area contributed by atoms with Gasteiger partial charge in [-0.25, -0.2) is 19.2 Å². The molecule has 0 radical (unpaired) electrons. The molecule has 9 aromatic carbocycles. The van der Waals surface area contributed by atoms with E-state index < -0.39 is 124 Å². The Bertz CT molecular complexity index is 6350. The van der Waals surface area contributed by atoms with Crippen molar-refractivity contribution in [2.24, 2.45) is 11.8 Å². The molecular weight excluding hydrogens is 1930 g/mol. The molecular formula is C115H142N12O20Si2. The van der Waals surface area contributed by atoms with Gasteiger partial charge in [-0.05, 0) is 153 Å². The lowest BCUT2D eigenvalue weighted by Crippen LogP contribution is -2.44. The molecule has 4 unspecified atom stereocenters. The Morgan fingerprint density at radius 1 is 0.336 bits per heavy atom. The van der Waals surface area contributed by atoms with Crippen LogP contribution < -0.4 is 58.7 Å². The van der Waals surface area contributed by atoms with E-state index in [9.17, 15) is 34.5 Å². The van der Waals surface area contributed by atoms with Crippen LogP contribution in [-0.2, 0) is 63.4 Å². The van der Waals surface area contributed by atoms with Crippen LogP contribution in [0.15, 0.2) is 323 Å². The van der Waals surface area contributed by atoms with Gasteiger partial charge in [-0.15, -0.1) is 0 Å². The topological polar surface area (TPSA) is 382 Å². The number of aromatic nitrogens is 8. The number of aliphatic hydroxyl groups is 3. The predicted molar refractivity (Wildman–Crippen MR) is 579 cm³/mol. The number of anilines is 4. The van der Waals surface area contributed by atoms with E-state index in [2.05, 4.69) is 183 Å². The minimum atomic E-state index is -2.09. The van der Waals surface area contributed by atoms with Crippen LogP contribution in [0.5, 0.6) is 17.2 Å². The summed E-state index contributed by atoms with van der Waals surface area (Å²) in [4.78, 5) is 69.7. The normalized spacial score (nSPS) is 22.0. The van der Waals surface area contributed by atoms with Gasteiger partial charge >= 0.3 is 22.8 Å². The quantitative estimate of drug-likeness (QED) is 0.0145. The van der Waals surface area contributed by atoms with Gasteiger partial charge in [0.1, 0.15) is 99.9 Å². The number of aliphatic hydroxyl groups excluding tert-OH is 3. The Balaban J connectivity index is 0.000000163. The van der Waals surface area contributed by atoms with Crippen LogP contribution in [0.1, 0.15) is 144 Å². The molecule has 0 aliphatic carbocycles. The number of rotatable bonds is 34. The highest BCUT2D eigenvalue weighted by Gasteiger charge is 2.52. The van der Waals surface area contributed by atoms with E-state index in [-0.39, 0.29) is 59.3 Å². The second-order valence-corrected chi connectivity index (χ2v) is 50.2. The first-order valence-corrected chi connectivity index (χ1v) is 55.9. The van der Waals surface area contributed by atoms with E-state index in [0.717, 1.165) is 67.3 Å². The minimum Gasteiger partial charge on any atom is -0.497 e. The number of nitrogens with one attached hydrogen (secondary N) is 3. The van der Waals surface area contributed by atoms with Crippen molar-refractivity contribution in [1.29, 1.82) is 0 Å². The Labute approximate surface area is 873 Å². The molecule has 0 amide bonds. The van der Waals surface area contributed by atoms with E-state index in [4.69, 9.17) is 66.7 Å². The van der Waals surface area contributed by atoms with E-state index >= 15 is 0 Å². The van der Waals surface area contributed by atoms with Crippen molar-refractivity contribution in [3.8, 4) is 17.2 Å². The van der Waals surface area contributed by atoms with Crippen molar-refractivity contribution in [2.75, 3.05) is 91.3 Å². The maximum Gasteiger partial charge on any atom is 0.351 e. The summed E-state index contributed by atoms with van der Waals surface area (Å²) in [5.74, 6) is 3.52. The molecule has 4 aliphatic rings. The van der Waals surface area contributed by atoms with Crippen LogP contribution in [0.2, 0.25) is 36.3 Å². The van der Waals surface area contributed by atoms with Gasteiger partial charge in [-0.1, -0.05) is 281 Å². The molecule has 149 heavy (non-hydrogen) atoms. The first kappa shape index (κ1) is 112. The van der Waals surface area contributed by atoms with E-state index in [0.29, 0.717) is 30.5 Å². The van der Waals surface area contributed by atoms with Crippen LogP contribution in [-0.4, -0.2) is 201 Å². The summed E-state index contributed by atoms with van der Waals surface area (Å²) in [6.45, 7) is 28.3. The molecule has 17 rings (SSSR count). The molecule has 8 heterocycles. The minimum absolute atomic E-state index is 0.000838. The molecule has 4 fully saturated rings. The molecule has 0 spiro atoms. The summed E-state index contributed by atoms with van der Waals surface area (Å²) < 4.78 is 81.5. The standard InChI is InChI=1S/C37H47N3O5Si.C36H45N3O6Si.C31H33N3O5.C11H17N3O4/c1-26-31(25-44-46(7,8)36(2,3)4)45-34(33(26)43-6)40-24-23-32(38-35(40)41)39-37(27-15-11-9-12-16-27,28-17-13-10-14-18-28)29-19-21-30(42-5)22-20-29;1-35(2,3)46(6,7)44-24-29-31(40)32(43-5)33(45-29)39-23-22-30(37-34(39)41)38-36(25-14-10-8-11-15-25,26-16-12-9-13-17-26)27-18-20-28(42-4)21-19-27;1-21-26(20-35)39-29(28(21)38-3)34-19-18-27(32-30(34)36)33-31(22-10-6-4-7-11-22,23-12-8-5-9-13-23)24-14-16-25(37-2)17-15-24;1-3-6-8(15)9(17-2)10(18-6)14-5-4-7(12)13-11(14)16/h9-24,26,31,33-34H,25H2,1-8H3,(H,38,39,41);8-23,29,31-33,40H,24H2,1-7H3,(H,37,38,41);4-19,21,26,28-29,35H,20H2,1-3H3,(H,32,33,36);4-6,8-10,15H,3H2,1-2H3,(H2,12,13,16)/t26-,31+,33?,34+;29-,31+,32?,33-;21-,26+,28?,29+;6-,8+,9?,10-/m0101/s1. The van der Waals surface area contributed by atoms with Crippen LogP contribution in [0.25, 0.3) is 0 Å². The third-order valence-corrected chi connectivity index (χ3v) is 38.7. The highest BCUT2D eigenvalue weighted by Crippen LogP contribution is 2.48. The van der Waals surface area contributed by atoms with Gasteiger partial charge in [0.15, 0.2) is 41.5 Å². The third kappa shape index (κ3) is 24.2. The molecule has 4 saturated heterocycles. The van der Waals surface area contributed by atoms with Gasteiger partial charge in [-0.2, -0.15) is 19.9 Å². The Morgan fingerprint density at radius 3 is 0.839 bits per heavy atom. The SMILES string of the molecule is CC[C@H]1O[C@@H](n2ccc(N)nc2=O)C(OC)[C@H]1O.COc1ccc(C(Nc2ccn([C@@H]3O[C@H](CO)[C@H](C)C3OC)c(=O)n2)(c2ccccc2)c2ccccc2)cc1.COc1ccc(C(Nc2ccn([C@@H]3O[C@H](CO[Si](C)(C)C(C)(C)C)[C@H](C)C3OC)c(=O)n2)(c2ccccc2)c2ccccc2)cc1.COc1ccc(C(Nc2ccn([C@@H]3O[C@H](CO[Si](C)(C)C(C)(C)C)[C@H](O)C3OC)c(=O)n2)(c2ccccc2)c2ccccc2)cc1. The highest BCUT2D eigenvalue weighted by atomic mass is 28.4. The van der Waals surface area contributed by atoms with Crippen LogP contribution in [0.3, 0.4) is 0 Å². The summed E-state index contributed by atoms with van der Waals surface area (Å²) >= 11 is 0. The summed E-state index contributed by atoms with van der Waals surface area (Å²) in [6, 6.07) is 91.1. The number of nitrogen functional groups attached to an aromatic ring is 1. The first-order valence-electron chi connectivity index (χ1n) is 50.1. The largest absolute Gasteiger partial charge is 0.497 e. The van der Waals surface area contributed by atoms with Crippen LogP contribution >= 0.6 is 0 Å². The molecule has 34 heteroatoms. The average molecular weight is 2070 g/mol. The Morgan fingerprint density at radius 2 is 0.577 bits per heavy atom. The lowest BCUT2D eigenvalue weighted by Gasteiger charge is -2.37. The lowest BCUT2D eigenvalue weighted by atomic mass is 9.77. The second-order valence-electron chi connectivity index (χ2n) is 40.6. The van der Waals surface area contributed by atoms with Crippen molar-refractivity contribution in [3.63, 3.8) is 0 Å². The number of nitrogens with zero attached hydrogens (tertiary/aromatic N) is 8. The van der Waals surface area contributed by atoms with Crippen molar-refractivity contribution in [3.05, 3.63) is 396 Å². The third-order valence-electron chi connectivity index (χ3n) is 29.7. The molecule has 790 valence electrons. The summed E-state index contributed by atoms with van der Waals surface area (Å²) in [5, 5.41) is 41.9. The smallest absolute Gasteiger partial charge is 0.351 e. The predicted octanol–water partition coefficient (Wildman–Crippen LogP) is 16.9. The fourth-order valence-corrected chi connectivity index (χ4v) is 21.2. The summed E-state index contributed by atoms with van der Waals surface area (Å²) in [5.41, 5.74) is 9.54. The summed E-state index contributed by atoms with van der Waals surface area (Å²) in [6.07, 6.45) is -1.24. The highest BCUT2D eigenvalue weighted by molar-refractivity contribution is 6.74. The molecule has 16 atom stereocenters. The van der Waals surface area contributed by atoms with E-state index in [1.807, 2.05) is 202 Å². The number of hydrogen-bond donors (Lipinski definition) is 7. The number of hydrogen-bond acceptors (Lipinski definition) is 28. The van der Waals surface area contributed by atoms with E-state index in [1.165, 1.54) is 44.8 Å². The second kappa shape index (κ2) is 48.8. The zero-order valence-corrected chi connectivity index (χ0v) is 90.4. The van der Waals surface area contributed by atoms with Gasteiger partial charge in [0, 0.05) is 65.1 Å². The molecule has 0 saturated carbocycles. The van der Waals surface area contributed by atoms with Crippen molar-refractivity contribution < 1.29 is 76.3 Å². The lowest BCUT2D eigenvalue weighted by molar-refractivity contribution is -0.0624. The van der Waals surface area contributed by atoms with Gasteiger partial charge in [-0.3, -0.25) is 18.3 Å². The zero-order valence-electron chi connectivity index (χ0n) is 88.4. The first-order chi connectivity index (χ1) is 71.4. The fourth-order valence-electron chi connectivity index (χ4n) is 19.1. The molecule has 4 aromatic heterocycles. The molecule has 13 aromatic rings. The number of ether oxygens (including phenoxy) is 11. The summed E-state index contributed by atoms with van der Waals surface area (Å²) in [7, 11) is 7.06. The Kier molecular flexibility index (Phi) is 36.5. The fraction of sp³-hybridized carbons (Fsp3) is 0.391. The van der Waals surface area contributed by atoms with E-state index in [1.54, 1.807) is 66.3 Å². The molecule has 4 aliphatic heterocycles. The zero-order chi connectivity index (χ0) is 107. The van der Waals surface area contributed by atoms with Crippen LogP contribution in [0.4, 0.5) is 23.3 Å². The number of nitrogens with two attached hydrogens (primary N) is 1. The molecule has 0 bridgehead atoms. The van der Waals surface area contributed by atoms with Gasteiger partial charge in [0.05, 0.1) is 59.5 Å². The van der Waals surface area contributed by atoms with Gasteiger partial charge in [0.2, 0.25) is 0 Å². The maximum atomic E-state index is 13.8. The van der Waals surface area contributed by atoms with Gasteiger partial charge in [0.25, 0.3) is 0 Å². The number of methoxy groups -OCH3 is 7. The number of benzene rings is 9. The molecule has 8 N–H and O–H groups in total. The molecule has 32 nitrogen and oxygen atoms in total. The van der Waals surface area contributed by atoms with Crippen molar-refractivity contribution in [2.45, 2.75) is 208 Å². The van der Waals surface area contributed by atoms with Crippen molar-refractivity contribution >= 4 is 39.9 Å². The maximum absolute atomic E-state index is 13.8.